The Balaban J connectivity index is 1.65. The van der Waals surface area contributed by atoms with Crippen molar-refractivity contribution in [3.8, 4) is 5.75 Å². The first kappa shape index (κ1) is 17.7. The molecule has 134 valence electrons. The molecule has 0 fully saturated rings. The molecule has 1 N–H and O–H groups in total. The van der Waals surface area contributed by atoms with Crippen molar-refractivity contribution in [1.29, 1.82) is 0 Å². The van der Waals surface area contributed by atoms with Gasteiger partial charge < -0.3 is 10.1 Å². The van der Waals surface area contributed by atoms with E-state index in [1.807, 2.05) is 62.4 Å². The first-order valence-electron chi connectivity index (χ1n) is 8.48. The van der Waals surface area contributed by atoms with Crippen LogP contribution in [0.2, 0.25) is 0 Å². The number of aryl methyl sites for hydroxylation is 2. The number of amides is 1. The second-order valence-electron chi connectivity index (χ2n) is 6.21. The van der Waals surface area contributed by atoms with E-state index in [1.54, 1.807) is 11.0 Å². The molecule has 2 aromatic carbocycles. The number of hydrogen-bond acceptors (Lipinski definition) is 4. The van der Waals surface area contributed by atoms with E-state index in [4.69, 9.17) is 4.74 Å². The lowest BCUT2D eigenvalue weighted by atomic mass is 10.1. The van der Waals surface area contributed by atoms with Gasteiger partial charge in [-0.15, -0.1) is 0 Å². The zero-order chi connectivity index (χ0) is 18.4. The number of rotatable bonds is 7. The third kappa shape index (κ3) is 4.69. The molecule has 26 heavy (non-hydrogen) atoms. The molecule has 1 unspecified atom stereocenters. The maximum absolute atomic E-state index is 12.4. The van der Waals surface area contributed by atoms with Gasteiger partial charge >= 0.3 is 0 Å². The van der Waals surface area contributed by atoms with Crippen molar-refractivity contribution >= 4 is 5.91 Å². The molecule has 6 nitrogen and oxygen atoms in total. The van der Waals surface area contributed by atoms with Crippen molar-refractivity contribution in [2.45, 2.75) is 26.4 Å². The van der Waals surface area contributed by atoms with Crippen LogP contribution in [0.1, 0.15) is 22.7 Å². The van der Waals surface area contributed by atoms with Crippen molar-refractivity contribution in [2.24, 2.45) is 0 Å². The van der Waals surface area contributed by atoms with E-state index in [9.17, 15) is 4.79 Å². The molecule has 0 aliphatic heterocycles. The van der Waals surface area contributed by atoms with Crippen LogP contribution in [-0.4, -0.2) is 27.3 Å². The molecule has 1 aromatic heterocycles. The molecule has 0 aliphatic carbocycles. The molecular formula is C20H22N4O2. The van der Waals surface area contributed by atoms with E-state index in [-0.39, 0.29) is 18.6 Å². The van der Waals surface area contributed by atoms with Gasteiger partial charge in [-0.1, -0.05) is 48.0 Å². The molecule has 0 saturated heterocycles. The largest absolute Gasteiger partial charge is 0.484 e. The minimum absolute atomic E-state index is 0.0371. The van der Waals surface area contributed by atoms with E-state index in [0.29, 0.717) is 6.54 Å². The first-order valence-corrected chi connectivity index (χ1v) is 8.48. The summed E-state index contributed by atoms with van der Waals surface area (Å²) >= 11 is 0. The van der Waals surface area contributed by atoms with Crippen LogP contribution in [-0.2, 0) is 11.3 Å². The number of aromatic nitrogens is 3. The second kappa shape index (κ2) is 8.29. The molecule has 0 aliphatic rings. The Hall–Kier alpha value is -3.15. The average Bonchev–Trinajstić information content (AvgIpc) is 3.14. The Labute approximate surface area is 152 Å². The maximum Gasteiger partial charge on any atom is 0.258 e. The molecule has 3 aromatic rings. The SMILES string of the molecule is Cc1ccc(OCC(=O)NC(Cn2cncn2)c2ccccc2)c(C)c1. The van der Waals surface area contributed by atoms with Crippen LogP contribution in [0.25, 0.3) is 0 Å². The lowest BCUT2D eigenvalue weighted by molar-refractivity contribution is -0.124. The van der Waals surface area contributed by atoms with Gasteiger partial charge in [0, 0.05) is 0 Å². The normalized spacial score (nSPS) is 11.8. The quantitative estimate of drug-likeness (QED) is 0.711. The van der Waals surface area contributed by atoms with E-state index in [2.05, 4.69) is 15.4 Å². The summed E-state index contributed by atoms with van der Waals surface area (Å²) in [5, 5.41) is 7.15. The van der Waals surface area contributed by atoms with Gasteiger partial charge in [-0.25, -0.2) is 4.98 Å². The highest BCUT2D eigenvalue weighted by Gasteiger charge is 2.16. The fourth-order valence-electron chi connectivity index (χ4n) is 2.77. The van der Waals surface area contributed by atoms with Crippen LogP contribution in [0.5, 0.6) is 5.75 Å². The Morgan fingerprint density at radius 1 is 1.19 bits per heavy atom. The van der Waals surface area contributed by atoms with Crippen molar-refractivity contribution in [2.75, 3.05) is 6.61 Å². The highest BCUT2D eigenvalue weighted by Crippen LogP contribution is 2.19. The third-order valence-electron chi connectivity index (χ3n) is 4.06. The molecule has 1 heterocycles. The number of ether oxygens (including phenoxy) is 1. The van der Waals surface area contributed by atoms with Gasteiger partial charge in [-0.3, -0.25) is 9.48 Å². The Kier molecular flexibility index (Phi) is 5.63. The number of nitrogens with one attached hydrogen (secondary N) is 1. The van der Waals surface area contributed by atoms with Crippen LogP contribution in [0.3, 0.4) is 0 Å². The molecule has 0 spiro atoms. The highest BCUT2D eigenvalue weighted by atomic mass is 16.5. The van der Waals surface area contributed by atoms with Crippen molar-refractivity contribution < 1.29 is 9.53 Å². The van der Waals surface area contributed by atoms with Crippen LogP contribution >= 0.6 is 0 Å². The predicted octanol–water partition coefficient (Wildman–Crippen LogP) is 2.83. The second-order valence-corrected chi connectivity index (χ2v) is 6.21. The lowest BCUT2D eigenvalue weighted by Gasteiger charge is -2.19. The fourth-order valence-corrected chi connectivity index (χ4v) is 2.77. The summed E-state index contributed by atoms with van der Waals surface area (Å²) in [6, 6.07) is 15.5. The summed E-state index contributed by atoms with van der Waals surface area (Å²) in [6.45, 7) is 4.46. The van der Waals surface area contributed by atoms with E-state index >= 15 is 0 Å². The van der Waals surface area contributed by atoms with Gasteiger partial charge in [0.2, 0.25) is 0 Å². The van der Waals surface area contributed by atoms with Crippen molar-refractivity contribution in [1.82, 2.24) is 20.1 Å². The van der Waals surface area contributed by atoms with E-state index < -0.39 is 0 Å². The zero-order valence-electron chi connectivity index (χ0n) is 14.9. The Morgan fingerprint density at radius 3 is 2.69 bits per heavy atom. The lowest BCUT2D eigenvalue weighted by Crippen LogP contribution is -2.35. The van der Waals surface area contributed by atoms with Crippen LogP contribution in [0, 0.1) is 13.8 Å². The van der Waals surface area contributed by atoms with Crippen molar-refractivity contribution in [3.63, 3.8) is 0 Å². The summed E-state index contributed by atoms with van der Waals surface area (Å²) in [6.07, 6.45) is 3.11. The fraction of sp³-hybridized carbons (Fsp3) is 0.250. The van der Waals surface area contributed by atoms with Crippen molar-refractivity contribution in [3.05, 3.63) is 77.9 Å². The van der Waals surface area contributed by atoms with Gasteiger partial charge in [-0.2, -0.15) is 5.10 Å². The summed E-state index contributed by atoms with van der Waals surface area (Å²) < 4.78 is 7.38. The number of benzene rings is 2. The third-order valence-corrected chi connectivity index (χ3v) is 4.06. The summed E-state index contributed by atoms with van der Waals surface area (Å²) in [7, 11) is 0. The monoisotopic (exact) mass is 350 g/mol. The van der Waals surface area contributed by atoms with Gasteiger partial charge in [0.15, 0.2) is 6.61 Å². The minimum Gasteiger partial charge on any atom is -0.484 e. The van der Waals surface area contributed by atoms with Crippen LogP contribution in [0.4, 0.5) is 0 Å². The van der Waals surface area contributed by atoms with E-state index in [0.717, 1.165) is 22.4 Å². The molecule has 0 radical (unpaired) electrons. The molecule has 1 amide bonds. The van der Waals surface area contributed by atoms with Gasteiger partial charge in [0.05, 0.1) is 12.6 Å². The van der Waals surface area contributed by atoms with Crippen LogP contribution in [0.15, 0.2) is 61.2 Å². The smallest absolute Gasteiger partial charge is 0.258 e. The highest BCUT2D eigenvalue weighted by molar-refractivity contribution is 5.78. The zero-order valence-corrected chi connectivity index (χ0v) is 14.9. The minimum atomic E-state index is -0.215. The molecule has 3 rings (SSSR count). The number of carbonyl (C=O) groups is 1. The number of nitrogens with zero attached hydrogens (tertiary/aromatic N) is 3. The summed E-state index contributed by atoms with van der Waals surface area (Å²) in [4.78, 5) is 16.4. The number of carbonyl (C=O) groups excluding carboxylic acids is 1. The Morgan fingerprint density at radius 2 is 2.00 bits per heavy atom. The Bertz CT molecular complexity index is 848. The maximum atomic E-state index is 12.4. The standard InChI is InChI=1S/C20H22N4O2/c1-15-8-9-19(16(2)10-15)26-12-20(25)23-18(11-24-14-21-13-22-24)17-6-4-3-5-7-17/h3-10,13-14,18H,11-12H2,1-2H3,(H,23,25). The van der Waals surface area contributed by atoms with Gasteiger partial charge in [0.25, 0.3) is 5.91 Å². The molecule has 1 atom stereocenters. The molecule has 0 bridgehead atoms. The predicted molar refractivity (Wildman–Crippen MR) is 98.8 cm³/mol. The average molecular weight is 350 g/mol. The van der Waals surface area contributed by atoms with Gasteiger partial charge in [-0.05, 0) is 31.0 Å². The van der Waals surface area contributed by atoms with Crippen LogP contribution < -0.4 is 10.1 Å². The summed E-state index contributed by atoms with van der Waals surface area (Å²) in [5.41, 5.74) is 3.18. The molecule has 0 saturated carbocycles. The molecule has 6 heteroatoms. The molecular weight excluding hydrogens is 328 g/mol. The topological polar surface area (TPSA) is 69.0 Å². The summed E-state index contributed by atoms with van der Waals surface area (Å²) in [5.74, 6) is 0.539. The first-order chi connectivity index (χ1) is 12.6. The van der Waals surface area contributed by atoms with Gasteiger partial charge in [0.1, 0.15) is 18.4 Å². The number of hydrogen-bond donors (Lipinski definition) is 1. The van der Waals surface area contributed by atoms with E-state index in [1.165, 1.54) is 6.33 Å².